The number of likely N-dealkylation sites (N-methyl/N-ethyl adjacent to an activating group) is 2. The summed E-state index contributed by atoms with van der Waals surface area (Å²) in [7, 11) is 1.74. The fourth-order valence-corrected chi connectivity index (χ4v) is 4.75. The van der Waals surface area contributed by atoms with Gasteiger partial charge in [-0.2, -0.15) is 0 Å². The summed E-state index contributed by atoms with van der Waals surface area (Å²) in [4.78, 5) is 41.1. The second-order valence-electron chi connectivity index (χ2n) is 8.89. The molecule has 4 rings (SSSR count). The maximum absolute atomic E-state index is 13.6. The maximum Gasteiger partial charge on any atom is 0.328 e. The highest BCUT2D eigenvalue weighted by molar-refractivity contribution is 6.04. The summed E-state index contributed by atoms with van der Waals surface area (Å²) in [5, 5.41) is 0. The Balaban J connectivity index is 1.57. The molecule has 0 bridgehead atoms. The van der Waals surface area contributed by atoms with Crippen LogP contribution in [0.4, 0.5) is 4.79 Å². The number of imide groups is 1. The zero-order valence-corrected chi connectivity index (χ0v) is 20.0. The van der Waals surface area contributed by atoms with E-state index in [-0.39, 0.29) is 18.5 Å². The van der Waals surface area contributed by atoms with Crippen molar-refractivity contribution in [1.82, 2.24) is 24.5 Å². The van der Waals surface area contributed by atoms with Gasteiger partial charge in [0.25, 0.3) is 5.91 Å². The van der Waals surface area contributed by atoms with Crippen LogP contribution in [0.1, 0.15) is 37.5 Å². The molecule has 3 aliphatic rings. The molecule has 8 heteroatoms. The lowest BCUT2D eigenvalue weighted by molar-refractivity contribution is -0.137. The van der Waals surface area contributed by atoms with E-state index in [4.69, 9.17) is 4.99 Å². The molecule has 1 saturated heterocycles. The van der Waals surface area contributed by atoms with Crippen molar-refractivity contribution in [3.63, 3.8) is 0 Å². The van der Waals surface area contributed by atoms with Crippen molar-refractivity contribution >= 4 is 17.9 Å². The summed E-state index contributed by atoms with van der Waals surface area (Å²) in [6, 6.07) is 5.31. The summed E-state index contributed by atoms with van der Waals surface area (Å²) in [5.74, 6) is 0.582. The number of carbonyl (C=O) groups excluding carboxylic acids is 2. The molecular weight excluding hydrogens is 404 g/mol. The highest BCUT2D eigenvalue weighted by Crippen LogP contribution is 2.34. The highest BCUT2D eigenvalue weighted by Gasteiger charge is 2.54. The SMILES string of the molecule is CCN(CC)CCN1C(C)=CN2C1=NC1C2C(=O)N(Cc2cc(C)ccc2C)C(=O)N1C. The van der Waals surface area contributed by atoms with Crippen molar-refractivity contribution in [1.29, 1.82) is 0 Å². The average molecular weight is 439 g/mol. The van der Waals surface area contributed by atoms with Gasteiger partial charge in [-0.25, -0.2) is 9.79 Å². The largest absolute Gasteiger partial charge is 0.328 e. The second-order valence-corrected chi connectivity index (χ2v) is 8.89. The molecule has 32 heavy (non-hydrogen) atoms. The van der Waals surface area contributed by atoms with E-state index in [0.717, 1.165) is 54.5 Å². The standard InChI is InChI=1S/C24H34N6O2/c1-7-27(8-2)11-12-28-18(5)14-29-20-21(25-23(28)29)26(6)24(32)30(22(20)31)15-19-13-16(3)9-10-17(19)4/h9-10,13-14,20-21H,7-8,11-12,15H2,1-6H3. The minimum Gasteiger partial charge on any atom is -0.313 e. The molecule has 1 aromatic carbocycles. The van der Waals surface area contributed by atoms with E-state index >= 15 is 0 Å². The van der Waals surface area contributed by atoms with E-state index < -0.39 is 12.2 Å². The van der Waals surface area contributed by atoms with Gasteiger partial charge in [0.1, 0.15) is 0 Å². The summed E-state index contributed by atoms with van der Waals surface area (Å²) in [6.45, 7) is 14.4. The van der Waals surface area contributed by atoms with Gasteiger partial charge in [0.2, 0.25) is 5.96 Å². The minimum absolute atomic E-state index is 0.188. The van der Waals surface area contributed by atoms with E-state index in [9.17, 15) is 9.59 Å². The number of rotatable bonds is 7. The molecule has 0 radical (unpaired) electrons. The number of fused-ring (bicyclic) bond motifs is 3. The first-order valence-corrected chi connectivity index (χ1v) is 11.5. The van der Waals surface area contributed by atoms with Gasteiger partial charge >= 0.3 is 6.03 Å². The number of allylic oxidation sites excluding steroid dienone is 1. The zero-order chi connectivity index (χ0) is 23.2. The molecule has 1 fully saturated rings. The number of benzene rings is 1. The summed E-state index contributed by atoms with van der Waals surface area (Å²) in [6.07, 6.45) is 1.50. The van der Waals surface area contributed by atoms with Crippen LogP contribution >= 0.6 is 0 Å². The molecule has 2 atom stereocenters. The Morgan fingerprint density at radius 3 is 2.47 bits per heavy atom. The lowest BCUT2D eigenvalue weighted by Crippen LogP contribution is -2.63. The Morgan fingerprint density at radius 2 is 1.78 bits per heavy atom. The maximum atomic E-state index is 13.6. The van der Waals surface area contributed by atoms with E-state index in [0.29, 0.717) is 0 Å². The van der Waals surface area contributed by atoms with Crippen LogP contribution in [0.5, 0.6) is 0 Å². The van der Waals surface area contributed by atoms with Crippen molar-refractivity contribution < 1.29 is 9.59 Å². The predicted octanol–water partition coefficient (Wildman–Crippen LogP) is 2.58. The van der Waals surface area contributed by atoms with Crippen LogP contribution in [0.15, 0.2) is 35.1 Å². The number of aryl methyl sites for hydroxylation is 2. The Bertz CT molecular complexity index is 983. The van der Waals surface area contributed by atoms with E-state index in [1.807, 2.05) is 50.1 Å². The molecule has 3 amide bonds. The number of urea groups is 1. The molecule has 3 aliphatic heterocycles. The number of carbonyl (C=O) groups is 2. The second kappa shape index (κ2) is 8.58. The monoisotopic (exact) mass is 438 g/mol. The van der Waals surface area contributed by atoms with Crippen LogP contribution in [-0.4, -0.2) is 87.8 Å². The molecule has 0 aliphatic carbocycles. The van der Waals surface area contributed by atoms with Crippen LogP contribution in [0.3, 0.4) is 0 Å². The first-order valence-electron chi connectivity index (χ1n) is 11.5. The fraction of sp³-hybridized carbons (Fsp3) is 0.542. The van der Waals surface area contributed by atoms with Crippen molar-refractivity contribution in [3.8, 4) is 0 Å². The molecule has 172 valence electrons. The predicted molar refractivity (Wildman–Crippen MR) is 125 cm³/mol. The smallest absolute Gasteiger partial charge is 0.313 e. The van der Waals surface area contributed by atoms with Crippen molar-refractivity contribution in [2.24, 2.45) is 4.99 Å². The fourth-order valence-electron chi connectivity index (χ4n) is 4.75. The van der Waals surface area contributed by atoms with Gasteiger partial charge in [-0.15, -0.1) is 0 Å². The number of aliphatic imine (C=N–C) groups is 1. The van der Waals surface area contributed by atoms with Crippen molar-refractivity contribution in [2.45, 2.75) is 53.4 Å². The topological polar surface area (TPSA) is 62.7 Å². The first kappa shape index (κ1) is 22.3. The van der Waals surface area contributed by atoms with Gasteiger partial charge in [0.05, 0.1) is 6.54 Å². The van der Waals surface area contributed by atoms with Gasteiger partial charge in [0, 0.05) is 32.0 Å². The molecular formula is C24H34N6O2. The number of nitrogens with zero attached hydrogens (tertiary/aromatic N) is 6. The van der Waals surface area contributed by atoms with Gasteiger partial charge in [-0.05, 0) is 45.0 Å². The third-order valence-electron chi connectivity index (χ3n) is 6.87. The number of amides is 3. The lowest BCUT2D eigenvalue weighted by Gasteiger charge is -2.40. The molecule has 1 aromatic rings. The van der Waals surface area contributed by atoms with Gasteiger partial charge < -0.3 is 19.6 Å². The van der Waals surface area contributed by atoms with E-state index in [1.165, 1.54) is 4.90 Å². The Hall–Kier alpha value is -2.87. The van der Waals surface area contributed by atoms with Gasteiger partial charge in [0.15, 0.2) is 12.2 Å². The summed E-state index contributed by atoms with van der Waals surface area (Å²) in [5.41, 5.74) is 4.25. The quantitative estimate of drug-likeness (QED) is 0.655. The average Bonchev–Trinajstić information content (AvgIpc) is 3.28. The van der Waals surface area contributed by atoms with E-state index in [1.54, 1.807) is 11.9 Å². The molecule has 0 N–H and O–H groups in total. The summed E-state index contributed by atoms with van der Waals surface area (Å²) >= 11 is 0. The van der Waals surface area contributed by atoms with Crippen LogP contribution in [0, 0.1) is 13.8 Å². The molecule has 3 heterocycles. The van der Waals surface area contributed by atoms with Gasteiger partial charge in [-0.1, -0.05) is 37.6 Å². The molecule has 8 nitrogen and oxygen atoms in total. The molecule has 0 spiro atoms. The van der Waals surface area contributed by atoms with Crippen LogP contribution < -0.4 is 0 Å². The number of hydrogen-bond acceptors (Lipinski definition) is 6. The number of hydrogen-bond donors (Lipinski definition) is 0. The van der Waals surface area contributed by atoms with Gasteiger partial charge in [-0.3, -0.25) is 9.69 Å². The first-order chi connectivity index (χ1) is 15.3. The Morgan fingerprint density at radius 1 is 1.06 bits per heavy atom. The van der Waals surface area contributed by atoms with Crippen LogP contribution in [0.25, 0.3) is 0 Å². The summed E-state index contributed by atoms with van der Waals surface area (Å²) < 4.78 is 0. The third-order valence-corrected chi connectivity index (χ3v) is 6.87. The third kappa shape index (κ3) is 3.66. The van der Waals surface area contributed by atoms with Crippen molar-refractivity contribution in [2.75, 3.05) is 33.2 Å². The molecule has 0 aromatic heterocycles. The van der Waals surface area contributed by atoms with E-state index in [2.05, 4.69) is 23.6 Å². The zero-order valence-electron chi connectivity index (χ0n) is 20.0. The van der Waals surface area contributed by atoms with Crippen LogP contribution in [0.2, 0.25) is 0 Å². The molecule has 0 saturated carbocycles. The van der Waals surface area contributed by atoms with Crippen LogP contribution in [-0.2, 0) is 11.3 Å². The normalized spacial score (nSPS) is 22.6. The molecule has 2 unspecified atom stereocenters. The Labute approximate surface area is 190 Å². The number of guanidine groups is 1. The lowest BCUT2D eigenvalue weighted by atomic mass is 10.0. The van der Waals surface area contributed by atoms with Crippen molar-refractivity contribution in [3.05, 3.63) is 46.8 Å². The highest BCUT2D eigenvalue weighted by atomic mass is 16.2. The Kier molecular flexibility index (Phi) is 5.99. The minimum atomic E-state index is -0.522.